The number of rotatable bonds is 2. The summed E-state index contributed by atoms with van der Waals surface area (Å²) in [7, 11) is 0. The predicted molar refractivity (Wildman–Crippen MR) is 68.2 cm³/mol. The molecule has 5 heteroatoms. The van der Waals surface area contributed by atoms with E-state index in [4.69, 9.17) is 4.74 Å². The first-order valence-corrected chi connectivity index (χ1v) is 6.40. The fourth-order valence-corrected chi connectivity index (χ4v) is 2.45. The first kappa shape index (κ1) is 13.5. The van der Waals surface area contributed by atoms with E-state index in [1.165, 1.54) is 5.57 Å². The lowest BCUT2D eigenvalue weighted by Crippen LogP contribution is -2.56. The van der Waals surface area contributed by atoms with Gasteiger partial charge in [0.1, 0.15) is 0 Å². The van der Waals surface area contributed by atoms with E-state index in [-0.39, 0.29) is 18.6 Å². The van der Waals surface area contributed by atoms with Crippen LogP contribution in [0.5, 0.6) is 0 Å². The summed E-state index contributed by atoms with van der Waals surface area (Å²) in [5, 5.41) is 12.4. The van der Waals surface area contributed by atoms with Gasteiger partial charge < -0.3 is 20.1 Å². The molecule has 0 aromatic rings. The van der Waals surface area contributed by atoms with Gasteiger partial charge in [-0.15, -0.1) is 0 Å². The van der Waals surface area contributed by atoms with Crippen molar-refractivity contribution < 1.29 is 14.6 Å². The Labute approximate surface area is 108 Å². The molecule has 0 radical (unpaired) electrons. The molecular weight excluding hydrogens is 232 g/mol. The monoisotopic (exact) mass is 254 g/mol. The van der Waals surface area contributed by atoms with Crippen molar-refractivity contribution in [3.05, 3.63) is 11.1 Å². The maximum atomic E-state index is 12.4. The van der Waals surface area contributed by atoms with Gasteiger partial charge in [0.2, 0.25) is 5.91 Å². The van der Waals surface area contributed by atoms with Gasteiger partial charge in [0.15, 0.2) is 0 Å². The molecule has 0 spiro atoms. The number of amides is 1. The van der Waals surface area contributed by atoms with E-state index >= 15 is 0 Å². The van der Waals surface area contributed by atoms with Crippen LogP contribution in [-0.2, 0) is 9.53 Å². The molecule has 1 atom stereocenters. The Bertz CT molecular complexity index is 370. The van der Waals surface area contributed by atoms with Crippen LogP contribution in [0.2, 0.25) is 0 Å². The summed E-state index contributed by atoms with van der Waals surface area (Å²) in [6.07, 6.45) is -0.282. The number of morpholine rings is 1. The van der Waals surface area contributed by atoms with Crippen LogP contribution >= 0.6 is 0 Å². The Morgan fingerprint density at radius 1 is 1.56 bits per heavy atom. The highest BCUT2D eigenvalue weighted by Gasteiger charge is 2.36. The Balaban J connectivity index is 2.09. The van der Waals surface area contributed by atoms with Gasteiger partial charge in [0.05, 0.1) is 18.3 Å². The van der Waals surface area contributed by atoms with Crippen LogP contribution in [-0.4, -0.2) is 60.4 Å². The van der Waals surface area contributed by atoms with Crippen molar-refractivity contribution in [3.63, 3.8) is 0 Å². The molecule has 1 unspecified atom stereocenters. The minimum absolute atomic E-state index is 0.0512. The molecule has 2 heterocycles. The lowest BCUT2D eigenvalue weighted by atomic mass is 10.0. The number of carbonyl (C=O) groups is 1. The lowest BCUT2D eigenvalue weighted by Gasteiger charge is -2.42. The van der Waals surface area contributed by atoms with Crippen molar-refractivity contribution in [2.75, 3.05) is 32.8 Å². The van der Waals surface area contributed by atoms with Crippen LogP contribution in [0.25, 0.3) is 0 Å². The molecule has 0 aromatic heterocycles. The average Bonchev–Trinajstić information content (AvgIpc) is 2.23. The largest absolute Gasteiger partial charge is 0.394 e. The second kappa shape index (κ2) is 4.99. The number of carbonyl (C=O) groups excluding carboxylic acids is 1. The predicted octanol–water partition coefficient (Wildman–Crippen LogP) is -0.0956. The molecule has 0 bridgehead atoms. The molecule has 18 heavy (non-hydrogen) atoms. The maximum Gasteiger partial charge on any atom is 0.249 e. The van der Waals surface area contributed by atoms with Crippen molar-refractivity contribution in [1.82, 2.24) is 10.2 Å². The van der Waals surface area contributed by atoms with Crippen molar-refractivity contribution in [3.8, 4) is 0 Å². The Morgan fingerprint density at radius 2 is 2.22 bits per heavy atom. The second-order valence-electron chi connectivity index (χ2n) is 5.70. The zero-order valence-corrected chi connectivity index (χ0v) is 11.3. The number of hydrogen-bond acceptors (Lipinski definition) is 4. The highest BCUT2D eigenvalue weighted by Crippen LogP contribution is 2.23. The minimum Gasteiger partial charge on any atom is -0.394 e. The highest BCUT2D eigenvalue weighted by molar-refractivity contribution is 5.94. The first-order chi connectivity index (χ1) is 8.43. The average molecular weight is 254 g/mol. The van der Waals surface area contributed by atoms with Crippen LogP contribution in [0.1, 0.15) is 20.8 Å². The third-order valence-corrected chi connectivity index (χ3v) is 3.50. The number of aliphatic hydroxyl groups excluding tert-OH is 1. The third kappa shape index (κ3) is 2.74. The molecule has 2 aliphatic rings. The topological polar surface area (TPSA) is 61.8 Å². The SMILES string of the molecule is CC(C(=O)N1CC(CO)OC(C)(C)C1)=C1CNC1. The summed E-state index contributed by atoms with van der Waals surface area (Å²) >= 11 is 0. The van der Waals surface area contributed by atoms with Crippen LogP contribution in [0.3, 0.4) is 0 Å². The quantitative estimate of drug-likeness (QED) is 0.676. The summed E-state index contributed by atoms with van der Waals surface area (Å²) in [5.41, 5.74) is 1.62. The standard InChI is InChI=1S/C13H22N2O3/c1-9(10-4-14-5-10)12(17)15-6-11(7-16)18-13(2,3)8-15/h11,14,16H,4-8H2,1-3H3. The zero-order valence-electron chi connectivity index (χ0n) is 11.3. The van der Waals surface area contributed by atoms with E-state index in [1.54, 1.807) is 4.90 Å². The molecule has 0 saturated carbocycles. The van der Waals surface area contributed by atoms with Crippen molar-refractivity contribution in [2.24, 2.45) is 0 Å². The van der Waals surface area contributed by atoms with Gasteiger partial charge in [-0.2, -0.15) is 0 Å². The van der Waals surface area contributed by atoms with Gasteiger partial charge >= 0.3 is 0 Å². The van der Waals surface area contributed by atoms with Gasteiger partial charge in [0, 0.05) is 31.8 Å². The van der Waals surface area contributed by atoms with Crippen LogP contribution in [0.4, 0.5) is 0 Å². The molecule has 1 amide bonds. The van der Waals surface area contributed by atoms with Gasteiger partial charge in [-0.3, -0.25) is 4.79 Å². The Morgan fingerprint density at radius 3 is 2.72 bits per heavy atom. The molecule has 2 aliphatic heterocycles. The molecule has 2 rings (SSSR count). The zero-order chi connectivity index (χ0) is 13.3. The van der Waals surface area contributed by atoms with Gasteiger partial charge in [-0.05, 0) is 26.3 Å². The summed E-state index contributed by atoms with van der Waals surface area (Å²) in [5.74, 6) is 0.0707. The maximum absolute atomic E-state index is 12.4. The fourth-order valence-electron chi connectivity index (χ4n) is 2.45. The smallest absolute Gasteiger partial charge is 0.249 e. The number of nitrogens with zero attached hydrogens (tertiary/aromatic N) is 1. The van der Waals surface area contributed by atoms with Crippen LogP contribution in [0, 0.1) is 0 Å². The molecule has 102 valence electrons. The van der Waals surface area contributed by atoms with Gasteiger partial charge in [0.25, 0.3) is 0 Å². The van der Waals surface area contributed by atoms with Crippen LogP contribution in [0.15, 0.2) is 11.1 Å². The minimum atomic E-state index is -0.399. The molecule has 5 nitrogen and oxygen atoms in total. The van der Waals surface area contributed by atoms with E-state index in [0.29, 0.717) is 13.1 Å². The highest BCUT2D eigenvalue weighted by atomic mass is 16.5. The first-order valence-electron chi connectivity index (χ1n) is 6.40. The summed E-state index contributed by atoms with van der Waals surface area (Å²) in [6, 6.07) is 0. The summed E-state index contributed by atoms with van der Waals surface area (Å²) < 4.78 is 5.71. The van der Waals surface area contributed by atoms with E-state index in [2.05, 4.69) is 5.32 Å². The van der Waals surface area contributed by atoms with E-state index in [0.717, 1.165) is 18.7 Å². The number of aliphatic hydroxyl groups is 1. The lowest BCUT2D eigenvalue weighted by molar-refractivity contribution is -0.164. The Hall–Kier alpha value is -0.910. The fraction of sp³-hybridized carbons (Fsp3) is 0.769. The number of hydrogen-bond donors (Lipinski definition) is 2. The second-order valence-corrected chi connectivity index (χ2v) is 5.70. The van der Waals surface area contributed by atoms with Gasteiger partial charge in [-0.25, -0.2) is 0 Å². The van der Waals surface area contributed by atoms with Crippen molar-refractivity contribution >= 4 is 5.91 Å². The molecule has 0 aromatic carbocycles. The molecule has 2 fully saturated rings. The van der Waals surface area contributed by atoms with Gasteiger partial charge in [-0.1, -0.05) is 0 Å². The molecule has 0 aliphatic carbocycles. The molecule has 2 N–H and O–H groups in total. The van der Waals surface area contributed by atoms with Crippen molar-refractivity contribution in [2.45, 2.75) is 32.5 Å². The Kier molecular flexibility index (Phi) is 3.75. The summed E-state index contributed by atoms with van der Waals surface area (Å²) in [6.45, 7) is 8.39. The van der Waals surface area contributed by atoms with E-state index in [9.17, 15) is 9.90 Å². The number of nitrogens with one attached hydrogen (secondary N) is 1. The van der Waals surface area contributed by atoms with Crippen LogP contribution < -0.4 is 5.32 Å². The van der Waals surface area contributed by atoms with Crippen molar-refractivity contribution in [1.29, 1.82) is 0 Å². The summed E-state index contributed by atoms with van der Waals surface area (Å²) in [4.78, 5) is 14.2. The molecule has 2 saturated heterocycles. The normalized spacial score (nSPS) is 26.8. The molecular formula is C13H22N2O3. The third-order valence-electron chi connectivity index (χ3n) is 3.50. The number of ether oxygens (including phenoxy) is 1. The van der Waals surface area contributed by atoms with E-state index in [1.807, 2.05) is 20.8 Å². The van der Waals surface area contributed by atoms with E-state index < -0.39 is 5.60 Å².